The first-order chi connectivity index (χ1) is 8.26. The molecule has 1 aromatic carbocycles. The molecule has 0 spiro atoms. The Morgan fingerprint density at radius 1 is 1.00 bits per heavy atom. The van der Waals surface area contributed by atoms with E-state index in [1.54, 1.807) is 0 Å². The molecule has 96 valence electrons. The van der Waals surface area contributed by atoms with Gasteiger partial charge in [-0.2, -0.15) is 0 Å². The van der Waals surface area contributed by atoms with Crippen LogP contribution in [0.5, 0.6) is 5.75 Å². The van der Waals surface area contributed by atoms with Gasteiger partial charge in [0, 0.05) is 5.69 Å². The van der Waals surface area contributed by atoms with Crippen LogP contribution in [0.2, 0.25) is 0 Å². The third-order valence-corrected chi connectivity index (χ3v) is 2.94. The van der Waals surface area contributed by atoms with Gasteiger partial charge in [-0.15, -0.1) is 0 Å². The van der Waals surface area contributed by atoms with E-state index in [1.165, 1.54) is 25.7 Å². The van der Waals surface area contributed by atoms with Crippen molar-refractivity contribution in [3.05, 3.63) is 24.3 Å². The molecule has 1 rings (SSSR count). The van der Waals surface area contributed by atoms with Crippen molar-refractivity contribution in [2.24, 2.45) is 0 Å². The van der Waals surface area contributed by atoms with Crippen LogP contribution in [-0.2, 0) is 0 Å². The molecule has 0 aromatic heterocycles. The summed E-state index contributed by atoms with van der Waals surface area (Å²) in [6.07, 6.45) is 7.61. The summed E-state index contributed by atoms with van der Waals surface area (Å²) in [5, 5.41) is 0. The highest BCUT2D eigenvalue weighted by Gasteiger charge is 2.09. The molecule has 17 heavy (non-hydrogen) atoms. The Balaban J connectivity index is 2.48. The summed E-state index contributed by atoms with van der Waals surface area (Å²) in [7, 11) is 0. The van der Waals surface area contributed by atoms with E-state index in [2.05, 4.69) is 13.8 Å². The number of anilines is 1. The SMILES string of the molecule is CCCCC(CCCC)Oc1ccc(N)cc1. The Bertz CT molecular complexity index is 286. The molecule has 0 bridgehead atoms. The van der Waals surface area contributed by atoms with Gasteiger partial charge in [0.25, 0.3) is 0 Å². The van der Waals surface area contributed by atoms with Crippen molar-refractivity contribution in [1.29, 1.82) is 0 Å². The molecule has 2 N–H and O–H groups in total. The van der Waals surface area contributed by atoms with Gasteiger partial charge in [0.05, 0.1) is 6.10 Å². The van der Waals surface area contributed by atoms with E-state index >= 15 is 0 Å². The van der Waals surface area contributed by atoms with Crippen LogP contribution in [0.1, 0.15) is 52.4 Å². The van der Waals surface area contributed by atoms with E-state index in [-0.39, 0.29) is 0 Å². The fourth-order valence-electron chi connectivity index (χ4n) is 1.86. The van der Waals surface area contributed by atoms with Crippen LogP contribution in [0.15, 0.2) is 24.3 Å². The van der Waals surface area contributed by atoms with Crippen LogP contribution >= 0.6 is 0 Å². The van der Waals surface area contributed by atoms with Crippen LogP contribution in [0.4, 0.5) is 5.69 Å². The molecule has 0 atom stereocenters. The molecule has 0 amide bonds. The lowest BCUT2D eigenvalue weighted by atomic mass is 10.1. The molecule has 2 heteroatoms. The number of ether oxygens (including phenoxy) is 1. The van der Waals surface area contributed by atoms with Gasteiger partial charge >= 0.3 is 0 Å². The van der Waals surface area contributed by atoms with Crippen molar-refractivity contribution in [3.8, 4) is 5.75 Å². The Hall–Kier alpha value is -1.18. The van der Waals surface area contributed by atoms with Crippen molar-refractivity contribution in [1.82, 2.24) is 0 Å². The molecular formula is C15H25NO. The van der Waals surface area contributed by atoms with Gasteiger partial charge < -0.3 is 10.5 Å². The fourth-order valence-corrected chi connectivity index (χ4v) is 1.86. The van der Waals surface area contributed by atoms with Crippen molar-refractivity contribution in [2.45, 2.75) is 58.5 Å². The van der Waals surface area contributed by atoms with Gasteiger partial charge in [-0.1, -0.05) is 39.5 Å². The lowest BCUT2D eigenvalue weighted by Gasteiger charge is -2.19. The van der Waals surface area contributed by atoms with Gasteiger partial charge in [0.15, 0.2) is 0 Å². The first kappa shape index (κ1) is 13.9. The van der Waals surface area contributed by atoms with E-state index in [4.69, 9.17) is 10.5 Å². The van der Waals surface area contributed by atoms with Crippen LogP contribution in [0.25, 0.3) is 0 Å². The van der Waals surface area contributed by atoms with Gasteiger partial charge in [0.1, 0.15) is 5.75 Å². The van der Waals surface area contributed by atoms with Gasteiger partial charge in [0.2, 0.25) is 0 Å². The van der Waals surface area contributed by atoms with Gasteiger partial charge in [-0.05, 0) is 37.1 Å². The van der Waals surface area contributed by atoms with Crippen LogP contribution < -0.4 is 10.5 Å². The molecule has 0 saturated heterocycles. The molecule has 2 nitrogen and oxygen atoms in total. The molecule has 0 saturated carbocycles. The predicted molar refractivity (Wildman–Crippen MR) is 74.3 cm³/mol. The lowest BCUT2D eigenvalue weighted by Crippen LogP contribution is -2.16. The molecule has 0 aliphatic heterocycles. The predicted octanol–water partition coefficient (Wildman–Crippen LogP) is 4.40. The number of benzene rings is 1. The van der Waals surface area contributed by atoms with Crippen molar-refractivity contribution < 1.29 is 4.74 Å². The topological polar surface area (TPSA) is 35.2 Å². The monoisotopic (exact) mass is 235 g/mol. The number of hydrogen-bond acceptors (Lipinski definition) is 2. The maximum Gasteiger partial charge on any atom is 0.119 e. The fraction of sp³-hybridized carbons (Fsp3) is 0.600. The highest BCUT2D eigenvalue weighted by Crippen LogP contribution is 2.19. The Labute approximate surface area is 105 Å². The number of nitrogen functional groups attached to an aromatic ring is 1. The first-order valence-electron chi connectivity index (χ1n) is 6.78. The van der Waals surface area contributed by atoms with Crippen molar-refractivity contribution in [3.63, 3.8) is 0 Å². The second-order valence-corrected chi connectivity index (χ2v) is 4.59. The van der Waals surface area contributed by atoms with E-state index in [1.807, 2.05) is 24.3 Å². The molecule has 0 aliphatic carbocycles. The number of unbranched alkanes of at least 4 members (excludes halogenated alkanes) is 2. The van der Waals surface area contributed by atoms with Crippen molar-refractivity contribution >= 4 is 5.69 Å². The third-order valence-electron chi connectivity index (χ3n) is 2.94. The van der Waals surface area contributed by atoms with Crippen LogP contribution in [0, 0.1) is 0 Å². The molecular weight excluding hydrogens is 210 g/mol. The minimum absolute atomic E-state index is 0.360. The minimum atomic E-state index is 0.360. The third kappa shape index (κ3) is 5.62. The standard InChI is InChI=1S/C15H25NO/c1-3-5-7-14(8-6-4-2)17-15-11-9-13(16)10-12-15/h9-12,14H,3-8,16H2,1-2H3. The number of hydrogen-bond donors (Lipinski definition) is 1. The summed E-state index contributed by atoms with van der Waals surface area (Å²) in [6.45, 7) is 4.44. The minimum Gasteiger partial charge on any atom is -0.490 e. The van der Waals surface area contributed by atoms with Crippen molar-refractivity contribution in [2.75, 3.05) is 5.73 Å². The maximum absolute atomic E-state index is 6.02. The maximum atomic E-state index is 6.02. The zero-order valence-electron chi connectivity index (χ0n) is 11.1. The summed E-state index contributed by atoms with van der Waals surface area (Å²) in [4.78, 5) is 0. The second-order valence-electron chi connectivity index (χ2n) is 4.59. The summed E-state index contributed by atoms with van der Waals surface area (Å²) in [5.74, 6) is 0.941. The normalized spacial score (nSPS) is 10.8. The van der Waals surface area contributed by atoms with Crippen LogP contribution in [0.3, 0.4) is 0 Å². The molecule has 0 radical (unpaired) electrons. The van der Waals surface area contributed by atoms with Crippen LogP contribution in [-0.4, -0.2) is 6.10 Å². The summed E-state index contributed by atoms with van der Waals surface area (Å²) in [6, 6.07) is 7.71. The average molecular weight is 235 g/mol. The Morgan fingerprint density at radius 3 is 2.00 bits per heavy atom. The zero-order chi connectivity index (χ0) is 12.5. The second kappa shape index (κ2) is 7.99. The Kier molecular flexibility index (Phi) is 6.53. The van der Waals surface area contributed by atoms with E-state index < -0.39 is 0 Å². The van der Waals surface area contributed by atoms with E-state index in [0.717, 1.165) is 24.3 Å². The molecule has 0 fully saturated rings. The van der Waals surface area contributed by atoms with E-state index in [9.17, 15) is 0 Å². The number of rotatable bonds is 8. The zero-order valence-corrected chi connectivity index (χ0v) is 11.1. The lowest BCUT2D eigenvalue weighted by molar-refractivity contribution is 0.174. The number of nitrogens with two attached hydrogens (primary N) is 1. The quantitative estimate of drug-likeness (QED) is 0.678. The molecule has 1 aromatic rings. The summed E-state index contributed by atoms with van der Waals surface area (Å²) >= 11 is 0. The summed E-state index contributed by atoms with van der Waals surface area (Å²) < 4.78 is 6.02. The van der Waals surface area contributed by atoms with Gasteiger partial charge in [-0.25, -0.2) is 0 Å². The van der Waals surface area contributed by atoms with E-state index in [0.29, 0.717) is 6.10 Å². The van der Waals surface area contributed by atoms with Gasteiger partial charge in [-0.3, -0.25) is 0 Å². The first-order valence-corrected chi connectivity index (χ1v) is 6.78. The highest BCUT2D eigenvalue weighted by atomic mass is 16.5. The largest absolute Gasteiger partial charge is 0.490 e. The summed E-state index contributed by atoms with van der Waals surface area (Å²) in [5.41, 5.74) is 6.45. The highest BCUT2D eigenvalue weighted by molar-refractivity contribution is 5.41. The molecule has 0 heterocycles. The Morgan fingerprint density at radius 2 is 1.53 bits per heavy atom. The smallest absolute Gasteiger partial charge is 0.119 e. The molecule has 0 unspecified atom stereocenters. The molecule has 0 aliphatic rings. The average Bonchev–Trinajstić information content (AvgIpc) is 2.35.